The summed E-state index contributed by atoms with van der Waals surface area (Å²) in [6, 6.07) is 2.48. The molecule has 2 saturated heterocycles. The van der Waals surface area contributed by atoms with E-state index in [9.17, 15) is 0 Å². The Hall–Kier alpha value is -0.380. The van der Waals surface area contributed by atoms with Crippen LogP contribution >= 0.6 is 11.3 Å². The second kappa shape index (κ2) is 6.18. The Morgan fingerprint density at radius 2 is 1.94 bits per heavy atom. The SMILES string of the molecule is c1sc(C2CCNCC2)cc1CN1CCCCC1. The van der Waals surface area contributed by atoms with Crippen molar-refractivity contribution in [2.45, 2.75) is 44.6 Å². The number of likely N-dealkylation sites (tertiary alicyclic amines) is 1. The predicted molar refractivity (Wildman–Crippen MR) is 78.3 cm³/mol. The highest BCUT2D eigenvalue weighted by Gasteiger charge is 2.18. The highest BCUT2D eigenvalue weighted by molar-refractivity contribution is 7.10. The summed E-state index contributed by atoms with van der Waals surface area (Å²) < 4.78 is 0. The van der Waals surface area contributed by atoms with E-state index in [1.165, 1.54) is 64.8 Å². The maximum atomic E-state index is 3.45. The lowest BCUT2D eigenvalue weighted by Crippen LogP contribution is -2.28. The van der Waals surface area contributed by atoms with Crippen LogP contribution in [0.5, 0.6) is 0 Å². The van der Waals surface area contributed by atoms with Crippen LogP contribution in [0, 0.1) is 0 Å². The molecule has 100 valence electrons. The zero-order valence-electron chi connectivity index (χ0n) is 11.2. The number of hydrogen-bond donors (Lipinski definition) is 1. The van der Waals surface area contributed by atoms with Gasteiger partial charge in [-0.15, -0.1) is 11.3 Å². The van der Waals surface area contributed by atoms with Crippen molar-refractivity contribution in [3.63, 3.8) is 0 Å². The van der Waals surface area contributed by atoms with E-state index < -0.39 is 0 Å². The lowest BCUT2D eigenvalue weighted by atomic mass is 9.96. The Morgan fingerprint density at radius 3 is 2.72 bits per heavy atom. The van der Waals surface area contributed by atoms with Crippen molar-refractivity contribution in [1.29, 1.82) is 0 Å². The summed E-state index contributed by atoms with van der Waals surface area (Å²) in [7, 11) is 0. The largest absolute Gasteiger partial charge is 0.317 e. The molecule has 3 heteroatoms. The fraction of sp³-hybridized carbons (Fsp3) is 0.733. The van der Waals surface area contributed by atoms with E-state index >= 15 is 0 Å². The molecule has 2 aliphatic heterocycles. The summed E-state index contributed by atoms with van der Waals surface area (Å²) in [5.41, 5.74) is 1.55. The number of thiophene rings is 1. The molecule has 3 heterocycles. The van der Waals surface area contributed by atoms with Crippen LogP contribution in [0.1, 0.15) is 48.5 Å². The molecule has 0 atom stereocenters. The lowest BCUT2D eigenvalue weighted by Gasteiger charge is -2.26. The van der Waals surface area contributed by atoms with E-state index in [4.69, 9.17) is 0 Å². The van der Waals surface area contributed by atoms with Crippen LogP contribution < -0.4 is 5.32 Å². The fourth-order valence-corrected chi connectivity index (χ4v) is 4.25. The minimum atomic E-state index is 0.825. The van der Waals surface area contributed by atoms with Gasteiger partial charge in [-0.05, 0) is 74.8 Å². The molecule has 0 amide bonds. The second-order valence-corrected chi connectivity index (χ2v) is 6.66. The Morgan fingerprint density at radius 1 is 1.17 bits per heavy atom. The van der Waals surface area contributed by atoms with Crippen molar-refractivity contribution >= 4 is 11.3 Å². The van der Waals surface area contributed by atoms with Gasteiger partial charge in [0.1, 0.15) is 0 Å². The number of nitrogens with zero attached hydrogens (tertiary/aromatic N) is 1. The minimum Gasteiger partial charge on any atom is -0.317 e. The fourth-order valence-electron chi connectivity index (χ4n) is 3.17. The normalized spacial score (nSPS) is 23.3. The third-order valence-corrected chi connectivity index (χ3v) is 5.41. The maximum Gasteiger partial charge on any atom is 0.0242 e. The van der Waals surface area contributed by atoms with Crippen LogP contribution in [0.4, 0.5) is 0 Å². The molecule has 0 aliphatic carbocycles. The molecule has 0 radical (unpaired) electrons. The van der Waals surface area contributed by atoms with Gasteiger partial charge < -0.3 is 5.32 Å². The van der Waals surface area contributed by atoms with Crippen molar-refractivity contribution < 1.29 is 0 Å². The first-order chi connectivity index (χ1) is 8.92. The molecule has 0 unspecified atom stereocenters. The third kappa shape index (κ3) is 3.14. The van der Waals surface area contributed by atoms with Crippen LogP contribution in [-0.2, 0) is 6.54 Å². The van der Waals surface area contributed by atoms with E-state index in [0.717, 1.165) is 5.92 Å². The zero-order valence-corrected chi connectivity index (χ0v) is 12.0. The van der Waals surface area contributed by atoms with Crippen molar-refractivity contribution in [1.82, 2.24) is 10.2 Å². The summed E-state index contributed by atoms with van der Waals surface area (Å²) in [5, 5.41) is 5.85. The summed E-state index contributed by atoms with van der Waals surface area (Å²) in [5.74, 6) is 0.825. The van der Waals surface area contributed by atoms with E-state index in [1.807, 2.05) is 11.3 Å². The molecule has 1 N–H and O–H groups in total. The van der Waals surface area contributed by atoms with E-state index in [-0.39, 0.29) is 0 Å². The lowest BCUT2D eigenvalue weighted by molar-refractivity contribution is 0.221. The van der Waals surface area contributed by atoms with E-state index in [2.05, 4.69) is 21.7 Å². The van der Waals surface area contributed by atoms with Crippen molar-refractivity contribution in [3.8, 4) is 0 Å². The Bertz CT molecular complexity index is 362. The quantitative estimate of drug-likeness (QED) is 0.902. The van der Waals surface area contributed by atoms with Gasteiger partial charge in [-0.1, -0.05) is 6.42 Å². The molecule has 0 aromatic carbocycles. The molecule has 0 saturated carbocycles. The Kier molecular flexibility index (Phi) is 4.34. The highest BCUT2D eigenvalue weighted by atomic mass is 32.1. The van der Waals surface area contributed by atoms with E-state index in [0.29, 0.717) is 0 Å². The molecule has 18 heavy (non-hydrogen) atoms. The van der Waals surface area contributed by atoms with Gasteiger partial charge in [0.2, 0.25) is 0 Å². The molecular formula is C15H24N2S. The van der Waals surface area contributed by atoms with Gasteiger partial charge in [0.25, 0.3) is 0 Å². The Labute approximate surface area is 114 Å². The summed E-state index contributed by atoms with van der Waals surface area (Å²) >= 11 is 1.99. The van der Waals surface area contributed by atoms with Crippen LogP contribution in [0.25, 0.3) is 0 Å². The maximum absolute atomic E-state index is 3.45. The molecule has 0 bridgehead atoms. The molecule has 1 aromatic heterocycles. The zero-order chi connectivity index (χ0) is 12.2. The monoisotopic (exact) mass is 264 g/mol. The van der Waals surface area contributed by atoms with Crippen LogP contribution in [0.2, 0.25) is 0 Å². The van der Waals surface area contributed by atoms with Gasteiger partial charge in [0, 0.05) is 11.4 Å². The number of nitrogens with one attached hydrogen (secondary N) is 1. The van der Waals surface area contributed by atoms with Gasteiger partial charge in [-0.3, -0.25) is 4.90 Å². The summed E-state index contributed by atoms with van der Waals surface area (Å²) in [6.45, 7) is 6.19. The average molecular weight is 264 g/mol. The molecule has 2 aliphatic rings. The smallest absolute Gasteiger partial charge is 0.0242 e. The average Bonchev–Trinajstić information content (AvgIpc) is 2.89. The second-order valence-electron chi connectivity index (χ2n) is 5.72. The number of rotatable bonds is 3. The topological polar surface area (TPSA) is 15.3 Å². The van der Waals surface area contributed by atoms with Gasteiger partial charge in [0.15, 0.2) is 0 Å². The van der Waals surface area contributed by atoms with Crippen molar-refractivity contribution in [2.24, 2.45) is 0 Å². The first-order valence-electron chi connectivity index (χ1n) is 7.42. The van der Waals surface area contributed by atoms with Crippen LogP contribution in [0.15, 0.2) is 11.4 Å². The predicted octanol–water partition coefficient (Wildman–Crippen LogP) is 3.20. The van der Waals surface area contributed by atoms with Gasteiger partial charge in [0.05, 0.1) is 0 Å². The highest BCUT2D eigenvalue weighted by Crippen LogP contribution is 2.31. The van der Waals surface area contributed by atoms with Gasteiger partial charge in [-0.25, -0.2) is 0 Å². The molecule has 2 fully saturated rings. The van der Waals surface area contributed by atoms with Gasteiger partial charge >= 0.3 is 0 Å². The molecule has 3 rings (SSSR count). The number of hydrogen-bond acceptors (Lipinski definition) is 3. The molecule has 0 spiro atoms. The summed E-state index contributed by atoms with van der Waals surface area (Å²) in [6.07, 6.45) is 6.87. The van der Waals surface area contributed by atoms with Crippen molar-refractivity contribution in [2.75, 3.05) is 26.2 Å². The standard InChI is InChI=1S/C15H24N2S/c1-2-8-17(9-3-1)11-13-10-15(18-12-13)14-4-6-16-7-5-14/h10,12,14,16H,1-9,11H2. The first kappa shape index (κ1) is 12.6. The minimum absolute atomic E-state index is 0.825. The van der Waals surface area contributed by atoms with Crippen molar-refractivity contribution in [3.05, 3.63) is 21.9 Å². The first-order valence-corrected chi connectivity index (χ1v) is 8.30. The number of piperidine rings is 2. The van der Waals surface area contributed by atoms with Crippen LogP contribution in [-0.4, -0.2) is 31.1 Å². The molecule has 2 nitrogen and oxygen atoms in total. The third-order valence-electron chi connectivity index (χ3n) is 4.27. The van der Waals surface area contributed by atoms with Gasteiger partial charge in [-0.2, -0.15) is 0 Å². The summed E-state index contributed by atoms with van der Waals surface area (Å²) in [4.78, 5) is 4.25. The molecular weight excluding hydrogens is 240 g/mol. The molecule has 1 aromatic rings. The van der Waals surface area contributed by atoms with E-state index in [1.54, 1.807) is 10.4 Å². The Balaban J connectivity index is 1.58. The van der Waals surface area contributed by atoms with Crippen LogP contribution in [0.3, 0.4) is 0 Å².